The van der Waals surface area contributed by atoms with Crippen molar-refractivity contribution in [1.82, 2.24) is 0 Å². The van der Waals surface area contributed by atoms with Crippen LogP contribution in [0.5, 0.6) is 0 Å². The van der Waals surface area contributed by atoms with Crippen molar-refractivity contribution in [2.45, 2.75) is 31.5 Å². The topological polar surface area (TPSA) is 49.5 Å². The number of rotatable bonds is 14. The number of methoxy groups -OCH3 is 1. The average Bonchev–Trinajstić information content (AvgIpc) is 3.23. The van der Waals surface area contributed by atoms with Gasteiger partial charge >= 0.3 is 0 Å². The zero-order valence-corrected chi connectivity index (χ0v) is 11.8. The molecule has 1 heterocycles. The summed E-state index contributed by atoms with van der Waals surface area (Å²) in [5.41, 5.74) is 0. The zero-order valence-electron chi connectivity index (χ0n) is 11.8. The van der Waals surface area contributed by atoms with E-state index in [1.165, 1.54) is 0 Å². The highest BCUT2D eigenvalue weighted by molar-refractivity contribution is 4.68. The number of ether oxygens (including phenoxy) is 5. The summed E-state index contributed by atoms with van der Waals surface area (Å²) in [4.78, 5) is 0. The highest BCUT2D eigenvalue weighted by Crippen LogP contribution is 2.11. The van der Waals surface area contributed by atoms with Crippen LogP contribution in [0.15, 0.2) is 12.7 Å². The molecule has 0 aliphatic carbocycles. The van der Waals surface area contributed by atoms with E-state index < -0.39 is 0 Å². The smallest absolute Gasteiger partial charge is 0.146 e. The zero-order chi connectivity index (χ0) is 13.8. The van der Waals surface area contributed by atoms with Crippen LogP contribution in [0.3, 0.4) is 0 Å². The Morgan fingerprint density at radius 3 is 2.89 bits per heavy atom. The average molecular weight is 274 g/mol. The van der Waals surface area contributed by atoms with Crippen molar-refractivity contribution >= 4 is 0 Å². The second-order valence-corrected chi connectivity index (χ2v) is 4.55. The molecular weight excluding hydrogens is 248 g/mol. The van der Waals surface area contributed by atoms with Crippen LogP contribution in [0.4, 0.5) is 0 Å². The largest absolute Gasteiger partial charge is 0.377 e. The van der Waals surface area contributed by atoms with Crippen molar-refractivity contribution in [3.05, 3.63) is 12.7 Å². The summed E-state index contributed by atoms with van der Waals surface area (Å²) in [6.07, 6.45) is 5.17. The van der Waals surface area contributed by atoms with E-state index in [4.69, 9.17) is 23.7 Å². The van der Waals surface area contributed by atoms with E-state index in [0.29, 0.717) is 32.7 Å². The maximum atomic E-state index is 5.58. The van der Waals surface area contributed by atoms with E-state index >= 15 is 0 Å². The molecule has 0 aromatic heterocycles. The minimum atomic E-state index is 0.0816. The van der Waals surface area contributed by atoms with Crippen LogP contribution < -0.4 is 0 Å². The Kier molecular flexibility index (Phi) is 9.93. The van der Waals surface area contributed by atoms with E-state index in [9.17, 15) is 0 Å². The SMILES string of the molecule is C=CCOCCCCC(COCC1CO1)OCOC. The lowest BCUT2D eigenvalue weighted by Crippen LogP contribution is -2.22. The molecule has 0 N–H and O–H groups in total. The van der Waals surface area contributed by atoms with Crippen LogP contribution in [-0.2, 0) is 23.7 Å². The Morgan fingerprint density at radius 1 is 1.37 bits per heavy atom. The summed E-state index contributed by atoms with van der Waals surface area (Å²) in [5, 5.41) is 0. The number of hydrogen-bond acceptors (Lipinski definition) is 5. The van der Waals surface area contributed by atoms with Gasteiger partial charge in [0, 0.05) is 13.7 Å². The first-order valence-electron chi connectivity index (χ1n) is 6.85. The van der Waals surface area contributed by atoms with Gasteiger partial charge in [0.2, 0.25) is 0 Å². The Labute approximate surface area is 115 Å². The molecule has 0 spiro atoms. The fourth-order valence-electron chi connectivity index (χ4n) is 1.62. The summed E-state index contributed by atoms with van der Waals surface area (Å²) in [5.74, 6) is 0. The fourth-order valence-corrected chi connectivity index (χ4v) is 1.62. The molecule has 2 unspecified atom stereocenters. The molecule has 0 aromatic carbocycles. The summed E-state index contributed by atoms with van der Waals surface area (Å²) >= 11 is 0. The predicted octanol–water partition coefficient (Wildman–Crippen LogP) is 1.76. The number of epoxide rings is 1. The Balaban J connectivity index is 2.00. The normalized spacial score (nSPS) is 19.3. The molecule has 5 nitrogen and oxygen atoms in total. The second-order valence-electron chi connectivity index (χ2n) is 4.55. The summed E-state index contributed by atoms with van der Waals surface area (Å²) in [6.45, 7) is 7.38. The van der Waals surface area contributed by atoms with Crippen molar-refractivity contribution in [1.29, 1.82) is 0 Å². The van der Waals surface area contributed by atoms with Gasteiger partial charge < -0.3 is 23.7 Å². The first kappa shape index (κ1) is 16.6. The van der Waals surface area contributed by atoms with Crippen molar-refractivity contribution in [3.8, 4) is 0 Å². The van der Waals surface area contributed by atoms with Crippen molar-refractivity contribution < 1.29 is 23.7 Å². The molecule has 112 valence electrons. The highest BCUT2D eigenvalue weighted by Gasteiger charge is 2.23. The highest BCUT2D eigenvalue weighted by atomic mass is 16.7. The molecule has 5 heteroatoms. The van der Waals surface area contributed by atoms with Gasteiger partial charge in [0.05, 0.1) is 32.5 Å². The maximum Gasteiger partial charge on any atom is 0.146 e. The van der Waals surface area contributed by atoms with E-state index in [0.717, 1.165) is 32.5 Å². The molecule has 1 saturated heterocycles. The molecule has 19 heavy (non-hydrogen) atoms. The summed E-state index contributed by atoms with van der Waals surface area (Å²) in [7, 11) is 1.62. The fraction of sp³-hybridized carbons (Fsp3) is 0.857. The molecule has 2 atom stereocenters. The minimum Gasteiger partial charge on any atom is -0.377 e. The third-order valence-corrected chi connectivity index (χ3v) is 2.73. The quantitative estimate of drug-likeness (QED) is 0.209. The number of unbranched alkanes of at least 4 members (excludes halogenated alkanes) is 1. The molecule has 1 aliphatic rings. The van der Waals surface area contributed by atoms with E-state index in [2.05, 4.69) is 6.58 Å². The second kappa shape index (κ2) is 11.4. The van der Waals surface area contributed by atoms with Gasteiger partial charge in [-0.05, 0) is 19.3 Å². The van der Waals surface area contributed by atoms with Crippen molar-refractivity contribution in [2.24, 2.45) is 0 Å². The molecular formula is C14H26O5. The van der Waals surface area contributed by atoms with E-state index in [1.807, 2.05) is 0 Å². The summed E-state index contributed by atoms with van der Waals surface area (Å²) < 4.78 is 26.5. The molecule has 1 rings (SSSR count). The van der Waals surface area contributed by atoms with E-state index in [1.54, 1.807) is 13.2 Å². The molecule has 0 saturated carbocycles. The minimum absolute atomic E-state index is 0.0816. The number of hydrogen-bond donors (Lipinski definition) is 0. The van der Waals surface area contributed by atoms with Crippen LogP contribution in [0, 0.1) is 0 Å². The van der Waals surface area contributed by atoms with E-state index in [-0.39, 0.29) is 6.10 Å². The van der Waals surface area contributed by atoms with Crippen molar-refractivity contribution in [3.63, 3.8) is 0 Å². The van der Waals surface area contributed by atoms with Gasteiger partial charge in [-0.2, -0.15) is 0 Å². The van der Waals surface area contributed by atoms with Crippen LogP contribution >= 0.6 is 0 Å². The molecule has 0 bridgehead atoms. The third kappa shape index (κ3) is 10.0. The van der Waals surface area contributed by atoms with Gasteiger partial charge in [0.15, 0.2) is 0 Å². The van der Waals surface area contributed by atoms with Gasteiger partial charge in [-0.1, -0.05) is 6.08 Å². The predicted molar refractivity (Wildman–Crippen MR) is 72.2 cm³/mol. The van der Waals surface area contributed by atoms with Crippen LogP contribution in [-0.4, -0.2) is 59.1 Å². The lowest BCUT2D eigenvalue weighted by atomic mass is 10.1. The van der Waals surface area contributed by atoms with Gasteiger partial charge in [-0.15, -0.1) is 6.58 Å². The van der Waals surface area contributed by atoms with Gasteiger partial charge in [0.1, 0.15) is 12.9 Å². The lowest BCUT2D eigenvalue weighted by molar-refractivity contribution is -0.101. The molecule has 0 aromatic rings. The van der Waals surface area contributed by atoms with Gasteiger partial charge in [0.25, 0.3) is 0 Å². The van der Waals surface area contributed by atoms with Crippen LogP contribution in [0.25, 0.3) is 0 Å². The van der Waals surface area contributed by atoms with Crippen LogP contribution in [0.2, 0.25) is 0 Å². The Hall–Kier alpha value is -0.460. The standard InChI is InChI=1S/C14H26O5/c1-3-7-16-8-5-4-6-13(19-12-15-2)9-17-10-14-11-18-14/h3,13-14H,1,4-12H2,2H3. The first-order valence-corrected chi connectivity index (χ1v) is 6.85. The van der Waals surface area contributed by atoms with Crippen molar-refractivity contribution in [2.75, 3.05) is 46.9 Å². The maximum absolute atomic E-state index is 5.58. The summed E-state index contributed by atoms with van der Waals surface area (Å²) in [6, 6.07) is 0. The molecule has 0 amide bonds. The molecule has 1 aliphatic heterocycles. The third-order valence-electron chi connectivity index (χ3n) is 2.73. The van der Waals surface area contributed by atoms with Gasteiger partial charge in [-0.25, -0.2) is 0 Å². The van der Waals surface area contributed by atoms with Crippen LogP contribution in [0.1, 0.15) is 19.3 Å². The molecule has 0 radical (unpaired) electrons. The first-order chi connectivity index (χ1) is 9.36. The lowest BCUT2D eigenvalue weighted by Gasteiger charge is -2.17. The monoisotopic (exact) mass is 274 g/mol. The van der Waals surface area contributed by atoms with Gasteiger partial charge in [-0.3, -0.25) is 0 Å². The Morgan fingerprint density at radius 2 is 2.21 bits per heavy atom. The molecule has 1 fully saturated rings. The Bertz CT molecular complexity index is 218.